The van der Waals surface area contributed by atoms with Crippen LogP contribution in [0.4, 0.5) is 0 Å². The number of likely N-dealkylation sites (N-methyl/N-ethyl adjacent to an activating group) is 1. The number of benzene rings is 1. The number of ether oxygens (including phenoxy) is 1. The second-order valence-corrected chi connectivity index (χ2v) is 6.28. The predicted molar refractivity (Wildman–Crippen MR) is 89.0 cm³/mol. The molecule has 0 aliphatic carbocycles. The average Bonchev–Trinajstić information content (AvgIpc) is 2.97. The van der Waals surface area contributed by atoms with E-state index in [0.29, 0.717) is 12.1 Å². The van der Waals surface area contributed by atoms with Crippen molar-refractivity contribution in [3.8, 4) is 0 Å². The lowest BCUT2D eigenvalue weighted by molar-refractivity contribution is 0.0801. The van der Waals surface area contributed by atoms with E-state index in [1.54, 1.807) is 0 Å². The summed E-state index contributed by atoms with van der Waals surface area (Å²) in [5, 5.41) is 4.36. The second kappa shape index (κ2) is 8.74. The number of hydrogen-bond donors (Lipinski definition) is 1. The fourth-order valence-electron chi connectivity index (χ4n) is 2.90. The van der Waals surface area contributed by atoms with Crippen molar-refractivity contribution in [2.24, 2.45) is 0 Å². The molecule has 1 aromatic carbocycles. The van der Waals surface area contributed by atoms with Crippen LogP contribution in [0, 0.1) is 0 Å². The van der Waals surface area contributed by atoms with Gasteiger partial charge in [0.25, 0.3) is 0 Å². The van der Waals surface area contributed by atoms with E-state index in [1.165, 1.54) is 18.4 Å². The Balaban J connectivity index is 1.82. The first-order valence-electron chi connectivity index (χ1n) is 7.98. The molecule has 1 aliphatic rings. The normalized spacial score (nSPS) is 20.1. The van der Waals surface area contributed by atoms with Gasteiger partial charge in [0.15, 0.2) is 0 Å². The summed E-state index contributed by atoms with van der Waals surface area (Å²) in [7, 11) is 2.19. The zero-order valence-corrected chi connectivity index (χ0v) is 13.9. The highest BCUT2D eigenvalue weighted by Crippen LogP contribution is 2.20. The third-order valence-electron chi connectivity index (χ3n) is 4.06. The number of nitrogens with one attached hydrogen (secondary N) is 1. The maximum Gasteiger partial charge on any atom is 0.0702 e. The Hall–Kier alpha value is -0.610. The van der Waals surface area contributed by atoms with Crippen LogP contribution in [0.15, 0.2) is 24.3 Å². The van der Waals surface area contributed by atoms with Crippen LogP contribution < -0.4 is 5.32 Å². The Morgan fingerprint density at radius 3 is 2.76 bits per heavy atom. The third kappa shape index (κ3) is 5.59. The van der Waals surface area contributed by atoms with E-state index in [0.717, 1.165) is 37.7 Å². The molecule has 0 radical (unpaired) electrons. The van der Waals surface area contributed by atoms with E-state index in [2.05, 4.69) is 36.3 Å². The van der Waals surface area contributed by atoms with Crippen LogP contribution in [0.5, 0.6) is 0 Å². The predicted octanol–water partition coefficient (Wildman–Crippen LogP) is 3.49. The highest BCUT2D eigenvalue weighted by Gasteiger charge is 2.18. The van der Waals surface area contributed by atoms with Gasteiger partial charge in [-0.15, -0.1) is 0 Å². The van der Waals surface area contributed by atoms with Gasteiger partial charge in [-0.2, -0.15) is 0 Å². The van der Waals surface area contributed by atoms with Gasteiger partial charge in [-0.25, -0.2) is 0 Å². The minimum Gasteiger partial charge on any atom is -0.377 e. The van der Waals surface area contributed by atoms with Gasteiger partial charge in [-0.3, -0.25) is 0 Å². The van der Waals surface area contributed by atoms with E-state index in [-0.39, 0.29) is 0 Å². The van der Waals surface area contributed by atoms with Gasteiger partial charge < -0.3 is 15.0 Å². The minimum atomic E-state index is 0.388. The topological polar surface area (TPSA) is 24.5 Å². The summed E-state index contributed by atoms with van der Waals surface area (Å²) in [6.45, 7) is 6.17. The van der Waals surface area contributed by atoms with Gasteiger partial charge in [0.05, 0.1) is 6.10 Å². The molecule has 2 atom stereocenters. The molecule has 0 spiro atoms. The average molecular weight is 311 g/mol. The number of rotatable bonds is 8. The summed E-state index contributed by atoms with van der Waals surface area (Å²) in [6, 6.07) is 8.57. The molecule has 0 amide bonds. The fraction of sp³-hybridized carbons (Fsp3) is 0.647. The van der Waals surface area contributed by atoms with Crippen LogP contribution >= 0.6 is 11.6 Å². The zero-order valence-electron chi connectivity index (χ0n) is 13.1. The van der Waals surface area contributed by atoms with Crippen molar-refractivity contribution in [2.75, 3.05) is 33.3 Å². The number of hydrogen-bond acceptors (Lipinski definition) is 3. The molecule has 3 nitrogen and oxygen atoms in total. The molecule has 21 heavy (non-hydrogen) atoms. The summed E-state index contributed by atoms with van der Waals surface area (Å²) in [4.78, 5) is 2.39. The zero-order chi connectivity index (χ0) is 15.1. The van der Waals surface area contributed by atoms with Crippen LogP contribution in [-0.2, 0) is 4.74 Å². The largest absolute Gasteiger partial charge is 0.377 e. The molecule has 4 heteroatoms. The summed E-state index contributed by atoms with van der Waals surface area (Å²) >= 11 is 5.97. The molecule has 1 aromatic rings. The maximum absolute atomic E-state index is 5.97. The van der Waals surface area contributed by atoms with Crippen molar-refractivity contribution in [3.05, 3.63) is 34.9 Å². The highest BCUT2D eigenvalue weighted by molar-refractivity contribution is 6.30. The highest BCUT2D eigenvalue weighted by atomic mass is 35.5. The molecule has 0 aromatic heterocycles. The monoisotopic (exact) mass is 310 g/mol. The van der Waals surface area contributed by atoms with Gasteiger partial charge in [0, 0.05) is 24.2 Å². The summed E-state index contributed by atoms with van der Waals surface area (Å²) < 4.78 is 5.70. The molecule has 2 rings (SSSR count). The van der Waals surface area contributed by atoms with Crippen LogP contribution in [0.3, 0.4) is 0 Å². The lowest BCUT2D eigenvalue weighted by atomic mass is 10.0. The maximum atomic E-state index is 5.97. The quantitative estimate of drug-likeness (QED) is 0.795. The molecule has 2 unspecified atom stereocenters. The fourth-order valence-corrected chi connectivity index (χ4v) is 3.03. The Labute approximate surface area is 133 Å². The SMILES string of the molecule is CCNC(CCN(C)CC1CCCO1)c1ccc(Cl)cc1. The van der Waals surface area contributed by atoms with Crippen LogP contribution in [0.1, 0.15) is 37.8 Å². The lowest BCUT2D eigenvalue weighted by Gasteiger charge is -2.24. The van der Waals surface area contributed by atoms with Crippen molar-refractivity contribution in [1.29, 1.82) is 0 Å². The molecule has 118 valence electrons. The summed E-state index contributed by atoms with van der Waals surface area (Å²) in [5.41, 5.74) is 1.31. The standard InChI is InChI=1S/C17H27ClN2O/c1-3-19-17(14-6-8-15(18)9-7-14)10-11-20(2)13-16-5-4-12-21-16/h6-9,16-17,19H,3-5,10-13H2,1-2H3. The van der Waals surface area contributed by atoms with Crippen LogP contribution in [0.25, 0.3) is 0 Å². The molecular formula is C17H27ClN2O. The van der Waals surface area contributed by atoms with E-state index in [9.17, 15) is 0 Å². The number of halogens is 1. The van der Waals surface area contributed by atoms with Crippen molar-refractivity contribution in [1.82, 2.24) is 10.2 Å². The smallest absolute Gasteiger partial charge is 0.0702 e. The van der Waals surface area contributed by atoms with Crippen LogP contribution in [0.2, 0.25) is 5.02 Å². The molecular weight excluding hydrogens is 284 g/mol. The van der Waals surface area contributed by atoms with Gasteiger partial charge in [-0.1, -0.05) is 30.7 Å². The van der Waals surface area contributed by atoms with Crippen molar-refractivity contribution < 1.29 is 4.74 Å². The van der Waals surface area contributed by atoms with Gasteiger partial charge >= 0.3 is 0 Å². The van der Waals surface area contributed by atoms with E-state index < -0.39 is 0 Å². The van der Waals surface area contributed by atoms with Gasteiger partial charge in [0.2, 0.25) is 0 Å². The molecule has 0 saturated carbocycles. The van der Waals surface area contributed by atoms with Gasteiger partial charge in [0.1, 0.15) is 0 Å². The first-order valence-corrected chi connectivity index (χ1v) is 8.36. The van der Waals surface area contributed by atoms with Crippen molar-refractivity contribution >= 4 is 11.6 Å². The number of nitrogens with zero attached hydrogens (tertiary/aromatic N) is 1. The summed E-state index contributed by atoms with van der Waals surface area (Å²) in [6.07, 6.45) is 3.95. The van der Waals surface area contributed by atoms with E-state index in [1.807, 2.05) is 12.1 Å². The third-order valence-corrected chi connectivity index (χ3v) is 4.31. The molecule has 1 N–H and O–H groups in total. The van der Waals surface area contributed by atoms with Gasteiger partial charge in [-0.05, 0) is 57.1 Å². The van der Waals surface area contributed by atoms with Crippen molar-refractivity contribution in [2.45, 2.75) is 38.3 Å². The second-order valence-electron chi connectivity index (χ2n) is 5.85. The Kier molecular flexibility index (Phi) is 6.97. The lowest BCUT2D eigenvalue weighted by Crippen LogP contribution is -2.32. The molecule has 0 bridgehead atoms. The molecule has 1 saturated heterocycles. The Morgan fingerprint density at radius 2 is 2.14 bits per heavy atom. The van der Waals surface area contributed by atoms with Crippen LogP contribution in [-0.4, -0.2) is 44.3 Å². The Bertz CT molecular complexity index is 404. The molecule has 1 fully saturated rings. The minimum absolute atomic E-state index is 0.388. The Morgan fingerprint density at radius 1 is 1.38 bits per heavy atom. The summed E-state index contributed by atoms with van der Waals surface area (Å²) in [5.74, 6) is 0. The first kappa shape index (κ1) is 16.8. The van der Waals surface area contributed by atoms with E-state index >= 15 is 0 Å². The van der Waals surface area contributed by atoms with Crippen molar-refractivity contribution in [3.63, 3.8) is 0 Å². The van der Waals surface area contributed by atoms with E-state index in [4.69, 9.17) is 16.3 Å². The molecule has 1 aliphatic heterocycles. The first-order chi connectivity index (χ1) is 10.2. The molecule has 1 heterocycles.